The van der Waals surface area contributed by atoms with Gasteiger partial charge < -0.3 is 18.9 Å². The molecular formula is C24H23NO7S2. The highest BCUT2D eigenvalue weighted by Gasteiger charge is 2.63. The Morgan fingerprint density at radius 3 is 2.24 bits per heavy atom. The van der Waals surface area contributed by atoms with Crippen LogP contribution in [0.3, 0.4) is 0 Å². The van der Waals surface area contributed by atoms with Gasteiger partial charge in [0.05, 0.1) is 10.2 Å². The molecule has 2 heterocycles. The van der Waals surface area contributed by atoms with Gasteiger partial charge in [0, 0.05) is 26.5 Å². The van der Waals surface area contributed by atoms with E-state index in [1.54, 1.807) is 12.1 Å². The Morgan fingerprint density at radius 2 is 1.59 bits per heavy atom. The van der Waals surface area contributed by atoms with Crippen LogP contribution in [0.25, 0.3) is 10.2 Å². The fourth-order valence-electron chi connectivity index (χ4n) is 3.85. The van der Waals surface area contributed by atoms with Crippen molar-refractivity contribution < 1.29 is 33.3 Å². The molecule has 0 unspecified atom stereocenters. The summed E-state index contributed by atoms with van der Waals surface area (Å²) < 4.78 is 24.4. The molecule has 8 nitrogen and oxygen atoms in total. The zero-order valence-electron chi connectivity index (χ0n) is 18.8. The van der Waals surface area contributed by atoms with Gasteiger partial charge in [0.25, 0.3) is 0 Å². The summed E-state index contributed by atoms with van der Waals surface area (Å²) in [6, 6.07) is 16.5. The van der Waals surface area contributed by atoms with Crippen molar-refractivity contribution in [3.63, 3.8) is 0 Å². The van der Waals surface area contributed by atoms with Crippen LogP contribution in [0.5, 0.6) is 5.75 Å². The van der Waals surface area contributed by atoms with E-state index in [0.29, 0.717) is 16.3 Å². The number of aromatic nitrogens is 1. The zero-order chi connectivity index (χ0) is 24.3. The van der Waals surface area contributed by atoms with Crippen LogP contribution in [-0.4, -0.2) is 46.3 Å². The normalized spacial score (nSPS) is 24.3. The Balaban J connectivity index is 1.93. The first-order valence-corrected chi connectivity index (χ1v) is 12.4. The largest absolute Gasteiger partial charge is 0.475 e. The molecule has 0 bridgehead atoms. The van der Waals surface area contributed by atoms with Crippen molar-refractivity contribution in [1.82, 2.24) is 4.98 Å². The van der Waals surface area contributed by atoms with Gasteiger partial charge in [-0.1, -0.05) is 30.3 Å². The Morgan fingerprint density at radius 1 is 0.912 bits per heavy atom. The summed E-state index contributed by atoms with van der Waals surface area (Å²) in [4.78, 5) is 41.4. The van der Waals surface area contributed by atoms with Crippen molar-refractivity contribution in [3.05, 3.63) is 59.6 Å². The van der Waals surface area contributed by atoms with E-state index in [0.717, 1.165) is 4.70 Å². The van der Waals surface area contributed by atoms with Crippen LogP contribution in [0.15, 0.2) is 54.6 Å². The molecule has 0 spiro atoms. The van der Waals surface area contributed by atoms with Gasteiger partial charge in [0.1, 0.15) is 10.8 Å². The molecule has 2 aromatic carbocycles. The predicted octanol–water partition coefficient (Wildman–Crippen LogP) is 4.07. The standard InChI is InChI=1S/C24H23NO7S2/c1-14(26)29-19-13-33-23(31-17-9-5-4-6-10-17)24(32-16(3)28,21(19)30-15(2)27)22-25-18-11-7-8-12-20(18)34-22/h4-12,19,21,23H,13H2,1-3H3/t19-,21+,23-,24+/m1/s1. The Kier molecular flexibility index (Phi) is 7.08. The van der Waals surface area contributed by atoms with E-state index in [-0.39, 0.29) is 5.75 Å². The summed E-state index contributed by atoms with van der Waals surface area (Å²) in [5.41, 5.74) is -1.84. The van der Waals surface area contributed by atoms with Crippen LogP contribution >= 0.6 is 23.1 Å². The van der Waals surface area contributed by atoms with E-state index in [2.05, 4.69) is 0 Å². The average Bonchev–Trinajstić information content (AvgIpc) is 3.22. The van der Waals surface area contributed by atoms with Crippen LogP contribution < -0.4 is 4.74 Å². The molecule has 1 aromatic heterocycles. The summed E-state index contributed by atoms with van der Waals surface area (Å²) in [5.74, 6) is -1.01. The summed E-state index contributed by atoms with van der Waals surface area (Å²) in [7, 11) is 0. The minimum atomic E-state index is -1.68. The van der Waals surface area contributed by atoms with Gasteiger partial charge in [-0.15, -0.1) is 23.1 Å². The molecule has 1 aliphatic rings. The van der Waals surface area contributed by atoms with Crippen molar-refractivity contribution in [2.45, 2.75) is 44.0 Å². The fourth-order valence-corrected chi connectivity index (χ4v) is 6.39. The molecule has 0 N–H and O–H groups in total. The second-order valence-corrected chi connectivity index (χ2v) is 9.77. The molecule has 4 atom stereocenters. The molecule has 1 aliphatic heterocycles. The molecule has 3 aromatic rings. The van der Waals surface area contributed by atoms with Crippen molar-refractivity contribution in [1.29, 1.82) is 0 Å². The SMILES string of the molecule is CC(=O)O[C@@H]1CS[C@@H](Oc2ccccc2)[C@@](OC(C)=O)(c2nc3ccccc3s2)[C@H]1OC(C)=O. The molecular weight excluding hydrogens is 478 g/mol. The first-order chi connectivity index (χ1) is 16.3. The highest BCUT2D eigenvalue weighted by atomic mass is 32.2. The third kappa shape index (κ3) is 4.88. The molecule has 34 heavy (non-hydrogen) atoms. The highest BCUT2D eigenvalue weighted by Crippen LogP contribution is 2.49. The number of carbonyl (C=O) groups excluding carboxylic acids is 3. The van der Waals surface area contributed by atoms with Crippen LogP contribution in [-0.2, 0) is 34.2 Å². The van der Waals surface area contributed by atoms with Crippen LogP contribution in [0.1, 0.15) is 25.8 Å². The molecule has 0 saturated carbocycles. The van der Waals surface area contributed by atoms with Gasteiger partial charge in [0.15, 0.2) is 17.6 Å². The number of carbonyl (C=O) groups is 3. The molecule has 178 valence electrons. The third-order valence-electron chi connectivity index (χ3n) is 5.06. The first kappa shape index (κ1) is 24.0. The zero-order valence-corrected chi connectivity index (χ0v) is 20.4. The molecule has 1 fully saturated rings. The first-order valence-electron chi connectivity index (χ1n) is 10.5. The van der Waals surface area contributed by atoms with Gasteiger partial charge in [-0.2, -0.15) is 0 Å². The van der Waals surface area contributed by atoms with Crippen LogP contribution in [0.4, 0.5) is 0 Å². The number of para-hydroxylation sites is 2. The van der Waals surface area contributed by atoms with Gasteiger partial charge in [-0.05, 0) is 24.3 Å². The smallest absolute Gasteiger partial charge is 0.303 e. The lowest BCUT2D eigenvalue weighted by molar-refractivity contribution is -0.216. The molecule has 0 radical (unpaired) electrons. The number of benzene rings is 2. The molecule has 0 amide bonds. The fraction of sp³-hybridized carbons (Fsp3) is 0.333. The summed E-state index contributed by atoms with van der Waals surface area (Å²) in [5, 5.41) is 0.375. The topological polar surface area (TPSA) is 101 Å². The highest BCUT2D eigenvalue weighted by molar-refractivity contribution is 7.99. The lowest BCUT2D eigenvalue weighted by atomic mass is 9.92. The number of hydrogen-bond donors (Lipinski definition) is 0. The molecule has 1 saturated heterocycles. The summed E-state index contributed by atoms with van der Waals surface area (Å²) in [6.07, 6.45) is -2.08. The maximum atomic E-state index is 12.5. The van der Waals surface area contributed by atoms with Crippen LogP contribution in [0, 0.1) is 0 Å². The second-order valence-electron chi connectivity index (χ2n) is 7.65. The number of hydrogen-bond acceptors (Lipinski definition) is 10. The van der Waals surface area contributed by atoms with E-state index in [4.69, 9.17) is 23.9 Å². The summed E-state index contributed by atoms with van der Waals surface area (Å²) in [6.45, 7) is 3.78. The number of fused-ring (bicyclic) bond motifs is 1. The number of ether oxygens (including phenoxy) is 4. The maximum Gasteiger partial charge on any atom is 0.303 e. The number of thiazole rings is 1. The minimum Gasteiger partial charge on any atom is -0.475 e. The van der Waals surface area contributed by atoms with Gasteiger partial charge in [-0.25, -0.2) is 4.98 Å². The molecule has 10 heteroatoms. The van der Waals surface area contributed by atoms with E-state index >= 15 is 0 Å². The van der Waals surface area contributed by atoms with Crippen molar-refractivity contribution >= 4 is 51.2 Å². The Hall–Kier alpha value is -3.11. The minimum absolute atomic E-state index is 0.253. The van der Waals surface area contributed by atoms with Crippen LogP contribution in [0.2, 0.25) is 0 Å². The van der Waals surface area contributed by atoms with Crippen molar-refractivity contribution in [3.8, 4) is 5.75 Å². The monoisotopic (exact) mass is 501 g/mol. The second kappa shape index (κ2) is 10.0. The molecule has 0 aliphatic carbocycles. The lowest BCUT2D eigenvalue weighted by Crippen LogP contribution is -2.63. The number of thioether (sulfide) groups is 1. The number of nitrogens with zero attached hydrogens (tertiary/aromatic N) is 1. The predicted molar refractivity (Wildman–Crippen MR) is 127 cm³/mol. The number of esters is 3. The van der Waals surface area contributed by atoms with E-state index in [9.17, 15) is 14.4 Å². The molecule has 4 rings (SSSR count). The van der Waals surface area contributed by atoms with Crippen molar-refractivity contribution in [2.75, 3.05) is 5.75 Å². The Labute approximate surface area is 204 Å². The number of rotatable bonds is 6. The maximum absolute atomic E-state index is 12.5. The van der Waals surface area contributed by atoms with Gasteiger partial charge >= 0.3 is 17.9 Å². The quantitative estimate of drug-likeness (QED) is 0.365. The average molecular weight is 502 g/mol. The summed E-state index contributed by atoms with van der Waals surface area (Å²) >= 11 is 2.59. The lowest BCUT2D eigenvalue weighted by Gasteiger charge is -2.47. The van der Waals surface area contributed by atoms with E-state index < -0.39 is 41.2 Å². The Bertz CT molecular complexity index is 1170. The van der Waals surface area contributed by atoms with E-state index in [1.165, 1.54) is 43.9 Å². The van der Waals surface area contributed by atoms with Crippen molar-refractivity contribution in [2.24, 2.45) is 0 Å². The van der Waals surface area contributed by atoms with Gasteiger partial charge in [0.2, 0.25) is 5.60 Å². The third-order valence-corrected chi connectivity index (χ3v) is 7.50. The van der Waals surface area contributed by atoms with E-state index in [1.807, 2.05) is 42.5 Å². The van der Waals surface area contributed by atoms with Gasteiger partial charge in [-0.3, -0.25) is 14.4 Å².